The smallest absolute Gasteiger partial charge is 0.422 e. The Labute approximate surface area is 167 Å². The third-order valence-corrected chi connectivity index (χ3v) is 5.70. The number of benzene rings is 1. The predicted molar refractivity (Wildman–Crippen MR) is 100 cm³/mol. The van der Waals surface area contributed by atoms with Crippen LogP contribution in [0, 0.1) is 28.5 Å². The fourth-order valence-corrected chi connectivity index (χ4v) is 3.51. The Morgan fingerprint density at radius 2 is 1.83 bits per heavy atom. The van der Waals surface area contributed by atoms with Gasteiger partial charge in [-0.25, -0.2) is 4.39 Å². The van der Waals surface area contributed by atoms with Crippen LogP contribution in [-0.4, -0.2) is 24.3 Å². The summed E-state index contributed by atoms with van der Waals surface area (Å²) >= 11 is 0. The highest BCUT2D eigenvalue weighted by Crippen LogP contribution is 2.51. The van der Waals surface area contributed by atoms with E-state index in [0.717, 1.165) is 12.1 Å². The van der Waals surface area contributed by atoms with E-state index in [4.69, 9.17) is 4.74 Å². The van der Waals surface area contributed by atoms with Gasteiger partial charge in [-0.1, -0.05) is 33.6 Å². The van der Waals surface area contributed by atoms with Crippen molar-refractivity contribution in [2.24, 2.45) is 10.8 Å². The van der Waals surface area contributed by atoms with Crippen molar-refractivity contribution in [3.8, 4) is 17.6 Å². The monoisotopic (exact) mass is 412 g/mol. The van der Waals surface area contributed by atoms with Crippen molar-refractivity contribution in [2.75, 3.05) is 6.61 Å². The van der Waals surface area contributed by atoms with E-state index >= 15 is 0 Å². The molecule has 0 bridgehead atoms. The van der Waals surface area contributed by atoms with Crippen molar-refractivity contribution in [1.29, 1.82) is 0 Å². The van der Waals surface area contributed by atoms with Gasteiger partial charge in [0.25, 0.3) is 0 Å². The van der Waals surface area contributed by atoms with Crippen molar-refractivity contribution in [2.45, 2.75) is 59.6 Å². The highest BCUT2D eigenvalue weighted by molar-refractivity contribution is 6.12. The molecule has 1 aliphatic carbocycles. The normalized spacial score (nSPS) is 22.9. The number of hydrogen-bond acceptors (Lipinski definition) is 3. The zero-order valence-electron chi connectivity index (χ0n) is 17.1. The summed E-state index contributed by atoms with van der Waals surface area (Å²) in [5.74, 6) is 1.08. The Hall–Kier alpha value is -2.36. The molecule has 7 heteroatoms. The van der Waals surface area contributed by atoms with Crippen molar-refractivity contribution in [1.82, 2.24) is 0 Å². The summed E-state index contributed by atoms with van der Waals surface area (Å²) in [5, 5.41) is 0. The SMILES string of the molecule is CC#Cc1cc(F)c(C2C(=O)CCC(C)(C(C)(C)C)C2=O)c(OCC(F)(F)F)c1. The van der Waals surface area contributed by atoms with Crippen LogP contribution >= 0.6 is 0 Å². The predicted octanol–water partition coefficient (Wildman–Crippen LogP) is 5.21. The zero-order chi connectivity index (χ0) is 22.2. The van der Waals surface area contributed by atoms with Crippen LogP contribution in [0.3, 0.4) is 0 Å². The molecular weight excluding hydrogens is 388 g/mol. The molecule has 1 aliphatic rings. The van der Waals surface area contributed by atoms with Crippen LogP contribution in [0.2, 0.25) is 0 Å². The molecule has 1 fully saturated rings. The summed E-state index contributed by atoms with van der Waals surface area (Å²) in [6.07, 6.45) is -4.34. The van der Waals surface area contributed by atoms with Gasteiger partial charge in [-0.3, -0.25) is 9.59 Å². The number of rotatable bonds is 3. The molecule has 0 N–H and O–H groups in total. The van der Waals surface area contributed by atoms with E-state index in [-0.39, 0.29) is 12.0 Å². The Balaban J connectivity index is 2.65. The van der Waals surface area contributed by atoms with Gasteiger partial charge in [-0.05, 0) is 30.9 Å². The van der Waals surface area contributed by atoms with E-state index in [1.165, 1.54) is 6.92 Å². The van der Waals surface area contributed by atoms with E-state index in [2.05, 4.69) is 11.8 Å². The summed E-state index contributed by atoms with van der Waals surface area (Å²) in [4.78, 5) is 26.0. The van der Waals surface area contributed by atoms with E-state index in [1.54, 1.807) is 6.92 Å². The lowest BCUT2D eigenvalue weighted by Crippen LogP contribution is -2.48. The van der Waals surface area contributed by atoms with E-state index in [9.17, 15) is 27.2 Å². The molecule has 0 spiro atoms. The number of ketones is 2. The average molecular weight is 412 g/mol. The molecule has 0 heterocycles. The fourth-order valence-electron chi connectivity index (χ4n) is 3.51. The van der Waals surface area contributed by atoms with Crippen LogP contribution < -0.4 is 4.74 Å². The molecule has 0 aromatic heterocycles. The van der Waals surface area contributed by atoms with E-state index in [1.807, 2.05) is 20.8 Å². The van der Waals surface area contributed by atoms with Crippen molar-refractivity contribution in [3.05, 3.63) is 29.1 Å². The molecule has 0 saturated heterocycles. The number of carbonyl (C=O) groups is 2. The van der Waals surface area contributed by atoms with Gasteiger partial charge < -0.3 is 4.74 Å². The van der Waals surface area contributed by atoms with Gasteiger partial charge in [0.2, 0.25) is 0 Å². The van der Waals surface area contributed by atoms with Crippen LogP contribution in [0.25, 0.3) is 0 Å². The molecule has 1 aromatic rings. The van der Waals surface area contributed by atoms with Crippen LogP contribution in [-0.2, 0) is 9.59 Å². The van der Waals surface area contributed by atoms with E-state index in [0.29, 0.717) is 6.42 Å². The van der Waals surface area contributed by atoms with Gasteiger partial charge in [0.1, 0.15) is 23.3 Å². The maximum Gasteiger partial charge on any atom is 0.422 e. The third kappa shape index (κ3) is 4.63. The molecule has 2 unspecified atom stereocenters. The summed E-state index contributed by atoms with van der Waals surface area (Å²) in [5.41, 5.74) is -1.82. The maximum atomic E-state index is 15.0. The molecule has 2 atom stereocenters. The number of hydrogen-bond donors (Lipinski definition) is 0. The number of ether oxygens (including phenoxy) is 1. The summed E-state index contributed by atoms with van der Waals surface area (Å²) < 4.78 is 58.0. The summed E-state index contributed by atoms with van der Waals surface area (Å²) in [6.45, 7) is 7.05. The minimum atomic E-state index is -4.67. The Kier molecular flexibility index (Phi) is 6.18. The van der Waals surface area contributed by atoms with Crippen LogP contribution in [0.15, 0.2) is 12.1 Å². The molecule has 2 rings (SSSR count). The first-order valence-corrected chi connectivity index (χ1v) is 9.24. The first-order valence-electron chi connectivity index (χ1n) is 9.24. The second-order valence-electron chi connectivity index (χ2n) is 8.49. The lowest BCUT2D eigenvalue weighted by molar-refractivity contribution is -0.153. The molecule has 158 valence electrons. The van der Waals surface area contributed by atoms with Gasteiger partial charge in [-0.15, -0.1) is 5.92 Å². The summed E-state index contributed by atoms with van der Waals surface area (Å²) in [7, 11) is 0. The first-order chi connectivity index (χ1) is 13.2. The molecule has 1 aromatic carbocycles. The van der Waals surface area contributed by atoms with Gasteiger partial charge in [-0.2, -0.15) is 13.2 Å². The number of carbonyl (C=O) groups excluding carboxylic acids is 2. The van der Waals surface area contributed by atoms with Gasteiger partial charge in [0.05, 0.1) is 0 Å². The minimum Gasteiger partial charge on any atom is -0.484 e. The Morgan fingerprint density at radius 1 is 1.21 bits per heavy atom. The largest absolute Gasteiger partial charge is 0.484 e. The molecule has 0 aliphatic heterocycles. The van der Waals surface area contributed by atoms with Crippen molar-refractivity contribution < 1.29 is 31.9 Å². The molecule has 3 nitrogen and oxygen atoms in total. The number of alkyl halides is 3. The summed E-state index contributed by atoms with van der Waals surface area (Å²) in [6, 6.07) is 2.15. The lowest BCUT2D eigenvalue weighted by Gasteiger charge is -2.45. The van der Waals surface area contributed by atoms with Gasteiger partial charge in [0.15, 0.2) is 12.4 Å². The second-order valence-corrected chi connectivity index (χ2v) is 8.49. The van der Waals surface area contributed by atoms with Crippen LogP contribution in [0.1, 0.15) is 64.5 Å². The zero-order valence-corrected chi connectivity index (χ0v) is 17.1. The highest BCUT2D eigenvalue weighted by atomic mass is 19.4. The topological polar surface area (TPSA) is 43.4 Å². The molecule has 1 saturated carbocycles. The Morgan fingerprint density at radius 3 is 2.34 bits per heavy atom. The Bertz CT molecular complexity index is 884. The molecule has 0 radical (unpaired) electrons. The molecule has 29 heavy (non-hydrogen) atoms. The van der Waals surface area contributed by atoms with Crippen molar-refractivity contribution in [3.63, 3.8) is 0 Å². The lowest BCUT2D eigenvalue weighted by atomic mass is 9.56. The van der Waals surface area contributed by atoms with Crippen LogP contribution in [0.4, 0.5) is 17.6 Å². The highest BCUT2D eigenvalue weighted by Gasteiger charge is 2.53. The van der Waals surface area contributed by atoms with Gasteiger partial charge in [0, 0.05) is 23.0 Å². The molecule has 0 amide bonds. The van der Waals surface area contributed by atoms with Gasteiger partial charge >= 0.3 is 6.18 Å². The quantitative estimate of drug-likeness (QED) is 0.389. The average Bonchev–Trinajstić information content (AvgIpc) is 2.57. The fraction of sp³-hybridized carbons (Fsp3) is 0.545. The minimum absolute atomic E-state index is 0.0266. The first kappa shape index (κ1) is 22.9. The maximum absolute atomic E-state index is 15.0. The van der Waals surface area contributed by atoms with E-state index < -0.39 is 58.2 Å². The molecular formula is C22H24F4O3. The standard InChI is InChI=1S/C22H24F4O3/c1-6-7-13-10-14(23)17(16(11-13)29-12-22(24,25)26)18-15(27)8-9-21(5,19(18)28)20(2,3)4/h10-11,18H,8-9,12H2,1-5H3. The third-order valence-electron chi connectivity index (χ3n) is 5.70. The number of Topliss-reactive ketones (excluding diaryl/α,β-unsaturated/α-hetero) is 2. The van der Waals surface area contributed by atoms with Crippen molar-refractivity contribution >= 4 is 11.6 Å². The number of halogens is 4. The second kappa shape index (κ2) is 7.81. The van der Waals surface area contributed by atoms with Crippen LogP contribution in [0.5, 0.6) is 5.75 Å².